The van der Waals surface area contributed by atoms with Crippen molar-refractivity contribution in [1.82, 2.24) is 14.6 Å². The van der Waals surface area contributed by atoms with Crippen molar-refractivity contribution >= 4 is 23.1 Å². The number of nitrogens with zero attached hydrogens (tertiary/aromatic N) is 4. The van der Waals surface area contributed by atoms with Gasteiger partial charge in [0.05, 0.1) is 24.1 Å². The van der Waals surface area contributed by atoms with Gasteiger partial charge in [-0.05, 0) is 17.7 Å². The van der Waals surface area contributed by atoms with Gasteiger partial charge < -0.3 is 10.5 Å². The number of halogens is 1. The van der Waals surface area contributed by atoms with E-state index in [9.17, 15) is 0 Å². The third-order valence-corrected chi connectivity index (χ3v) is 3.54. The average Bonchev–Trinajstić information content (AvgIpc) is 2.88. The van der Waals surface area contributed by atoms with Crippen LogP contribution in [0.25, 0.3) is 16.8 Å². The molecule has 3 rings (SSSR count). The van der Waals surface area contributed by atoms with Gasteiger partial charge in [0.15, 0.2) is 5.65 Å². The molecular weight excluding hydrogens is 302 g/mol. The van der Waals surface area contributed by atoms with Crippen molar-refractivity contribution in [3.63, 3.8) is 0 Å². The Bertz CT molecular complexity index is 880. The third-order valence-electron chi connectivity index (χ3n) is 3.29. The second-order valence-corrected chi connectivity index (χ2v) is 5.10. The SMILES string of the molecule is COCc1nn2c(N)c(C#N)cnc2c1-c1ccc(Cl)cc1. The molecule has 0 saturated heterocycles. The zero-order valence-corrected chi connectivity index (χ0v) is 12.5. The highest BCUT2D eigenvalue weighted by molar-refractivity contribution is 6.30. The summed E-state index contributed by atoms with van der Waals surface area (Å²) in [7, 11) is 1.59. The zero-order valence-electron chi connectivity index (χ0n) is 11.7. The van der Waals surface area contributed by atoms with Crippen LogP contribution >= 0.6 is 11.6 Å². The van der Waals surface area contributed by atoms with Crippen LogP contribution in [0.1, 0.15) is 11.3 Å². The van der Waals surface area contributed by atoms with Gasteiger partial charge in [-0.25, -0.2) is 4.98 Å². The molecule has 0 bridgehead atoms. The first-order chi connectivity index (χ1) is 10.7. The van der Waals surface area contributed by atoms with Crippen molar-refractivity contribution in [3.8, 4) is 17.2 Å². The molecule has 0 amide bonds. The predicted molar refractivity (Wildman–Crippen MR) is 83.3 cm³/mol. The maximum atomic E-state index is 9.05. The summed E-state index contributed by atoms with van der Waals surface area (Å²) in [6.07, 6.45) is 1.45. The summed E-state index contributed by atoms with van der Waals surface area (Å²) in [5.74, 6) is 0.255. The van der Waals surface area contributed by atoms with Crippen molar-refractivity contribution < 1.29 is 4.74 Å². The lowest BCUT2D eigenvalue weighted by atomic mass is 10.1. The molecule has 0 unspecified atom stereocenters. The van der Waals surface area contributed by atoms with E-state index in [4.69, 9.17) is 27.3 Å². The van der Waals surface area contributed by atoms with E-state index >= 15 is 0 Å². The monoisotopic (exact) mass is 313 g/mol. The number of nitriles is 1. The molecule has 22 heavy (non-hydrogen) atoms. The maximum absolute atomic E-state index is 9.05. The van der Waals surface area contributed by atoms with E-state index in [1.807, 2.05) is 18.2 Å². The molecule has 0 radical (unpaired) electrons. The minimum Gasteiger partial charge on any atom is -0.382 e. The number of nitrogens with two attached hydrogens (primary N) is 1. The maximum Gasteiger partial charge on any atom is 0.165 e. The van der Waals surface area contributed by atoms with Gasteiger partial charge in [-0.1, -0.05) is 23.7 Å². The Hall–Kier alpha value is -2.62. The summed E-state index contributed by atoms with van der Waals surface area (Å²) in [5, 5.41) is 14.1. The molecule has 110 valence electrons. The predicted octanol–water partition coefficient (Wildman–Crippen LogP) is 2.65. The number of hydrogen-bond donors (Lipinski definition) is 1. The van der Waals surface area contributed by atoms with E-state index in [1.165, 1.54) is 10.7 Å². The lowest BCUT2D eigenvalue weighted by Gasteiger charge is -2.03. The van der Waals surface area contributed by atoms with Crippen molar-refractivity contribution in [2.45, 2.75) is 6.61 Å². The second-order valence-electron chi connectivity index (χ2n) is 4.67. The molecule has 1 aromatic carbocycles. The van der Waals surface area contributed by atoms with E-state index in [0.717, 1.165) is 11.1 Å². The van der Waals surface area contributed by atoms with E-state index < -0.39 is 0 Å². The highest BCUT2D eigenvalue weighted by Gasteiger charge is 2.18. The fraction of sp³-hybridized carbons (Fsp3) is 0.133. The van der Waals surface area contributed by atoms with Crippen LogP contribution in [0.4, 0.5) is 5.82 Å². The van der Waals surface area contributed by atoms with Gasteiger partial charge >= 0.3 is 0 Å². The average molecular weight is 314 g/mol. The molecule has 3 aromatic rings. The first-order valence-corrected chi connectivity index (χ1v) is 6.84. The summed E-state index contributed by atoms with van der Waals surface area (Å²) in [5.41, 5.74) is 9.25. The van der Waals surface area contributed by atoms with Crippen LogP contribution in [-0.4, -0.2) is 21.7 Å². The molecule has 0 aliphatic heterocycles. The molecule has 2 heterocycles. The Labute approximate surface area is 131 Å². The Kier molecular flexibility index (Phi) is 3.67. The Morgan fingerprint density at radius 1 is 1.36 bits per heavy atom. The molecule has 0 saturated carbocycles. The van der Waals surface area contributed by atoms with Gasteiger partial charge in [0, 0.05) is 12.1 Å². The first kappa shape index (κ1) is 14.3. The smallest absolute Gasteiger partial charge is 0.165 e. The van der Waals surface area contributed by atoms with Crippen molar-refractivity contribution in [2.75, 3.05) is 12.8 Å². The minimum absolute atomic E-state index is 0.255. The molecule has 2 N–H and O–H groups in total. The van der Waals surface area contributed by atoms with E-state index in [1.54, 1.807) is 19.2 Å². The number of methoxy groups -OCH3 is 1. The molecular formula is C15H12ClN5O. The summed E-state index contributed by atoms with van der Waals surface area (Å²) in [4.78, 5) is 4.32. The summed E-state index contributed by atoms with van der Waals surface area (Å²) < 4.78 is 6.67. The Balaban J connectivity index is 2.31. The van der Waals surface area contributed by atoms with E-state index in [0.29, 0.717) is 23.0 Å². The van der Waals surface area contributed by atoms with Crippen LogP contribution in [0.5, 0.6) is 0 Å². The van der Waals surface area contributed by atoms with Gasteiger partial charge in [0.25, 0.3) is 0 Å². The molecule has 0 spiro atoms. The van der Waals surface area contributed by atoms with Gasteiger partial charge in [-0.3, -0.25) is 0 Å². The topological polar surface area (TPSA) is 89.2 Å². The number of fused-ring (bicyclic) bond motifs is 1. The number of nitrogen functional groups attached to an aromatic ring is 1. The second kappa shape index (κ2) is 5.64. The third kappa shape index (κ3) is 2.26. The lowest BCUT2D eigenvalue weighted by molar-refractivity contribution is 0.181. The number of anilines is 1. The normalized spacial score (nSPS) is 10.8. The van der Waals surface area contributed by atoms with Crippen LogP contribution in [-0.2, 0) is 11.3 Å². The highest BCUT2D eigenvalue weighted by Crippen LogP contribution is 2.30. The van der Waals surface area contributed by atoms with E-state index in [2.05, 4.69) is 10.1 Å². The van der Waals surface area contributed by atoms with Gasteiger partial charge in [0.2, 0.25) is 0 Å². The Morgan fingerprint density at radius 3 is 2.73 bits per heavy atom. The lowest BCUT2D eigenvalue weighted by Crippen LogP contribution is -2.03. The summed E-state index contributed by atoms with van der Waals surface area (Å²) in [6.45, 7) is 0.308. The highest BCUT2D eigenvalue weighted by atomic mass is 35.5. The summed E-state index contributed by atoms with van der Waals surface area (Å²) in [6, 6.07) is 9.36. The van der Waals surface area contributed by atoms with Crippen LogP contribution in [0.2, 0.25) is 5.02 Å². The standard InChI is InChI=1S/C15H12ClN5O/c1-22-8-12-13(9-2-4-11(16)5-3-9)15-19-7-10(6-17)14(18)21(15)20-12/h2-5,7H,8,18H2,1H3. The fourth-order valence-electron chi connectivity index (χ4n) is 2.28. The largest absolute Gasteiger partial charge is 0.382 e. The quantitative estimate of drug-likeness (QED) is 0.803. The van der Waals surface area contributed by atoms with Gasteiger partial charge in [-0.15, -0.1) is 0 Å². The zero-order chi connectivity index (χ0) is 15.7. The number of rotatable bonds is 3. The number of benzene rings is 1. The molecule has 2 aromatic heterocycles. The minimum atomic E-state index is 0.255. The van der Waals surface area contributed by atoms with Crippen molar-refractivity contribution in [3.05, 3.63) is 46.7 Å². The molecule has 0 atom stereocenters. The van der Waals surface area contributed by atoms with Crippen molar-refractivity contribution in [1.29, 1.82) is 5.26 Å². The Morgan fingerprint density at radius 2 is 2.09 bits per heavy atom. The van der Waals surface area contributed by atoms with Gasteiger partial charge in [0.1, 0.15) is 17.5 Å². The molecule has 0 aliphatic rings. The first-order valence-electron chi connectivity index (χ1n) is 6.46. The number of aromatic nitrogens is 3. The molecule has 0 aliphatic carbocycles. The van der Waals surface area contributed by atoms with Crippen LogP contribution in [0, 0.1) is 11.3 Å². The summed E-state index contributed by atoms with van der Waals surface area (Å²) >= 11 is 5.94. The number of ether oxygens (including phenoxy) is 1. The van der Waals surface area contributed by atoms with Crippen molar-refractivity contribution in [2.24, 2.45) is 0 Å². The van der Waals surface area contributed by atoms with E-state index in [-0.39, 0.29) is 11.4 Å². The molecule has 6 nitrogen and oxygen atoms in total. The van der Waals surface area contributed by atoms with Crippen LogP contribution in [0.3, 0.4) is 0 Å². The fourth-order valence-corrected chi connectivity index (χ4v) is 2.41. The van der Waals surface area contributed by atoms with Gasteiger partial charge in [-0.2, -0.15) is 14.9 Å². The van der Waals surface area contributed by atoms with Crippen LogP contribution < -0.4 is 5.73 Å². The number of hydrogen-bond acceptors (Lipinski definition) is 5. The molecule has 0 fully saturated rings. The molecule has 7 heteroatoms. The van der Waals surface area contributed by atoms with Crippen LogP contribution in [0.15, 0.2) is 30.5 Å².